The van der Waals surface area contributed by atoms with Crippen LogP contribution in [0.3, 0.4) is 0 Å². The minimum absolute atomic E-state index is 0. The van der Waals surface area contributed by atoms with Gasteiger partial charge in [0.25, 0.3) is 5.91 Å². The SMILES string of the molecule is CC(C)(N)CNC(=O)c1ccc(Br)o1.Cl. The topological polar surface area (TPSA) is 68.3 Å². The summed E-state index contributed by atoms with van der Waals surface area (Å²) in [4.78, 5) is 11.4. The molecule has 0 aliphatic carbocycles. The molecule has 0 spiro atoms. The Bertz CT molecular complexity index is 333. The smallest absolute Gasteiger partial charge is 0.287 e. The zero-order valence-corrected chi connectivity index (χ0v) is 10.9. The Morgan fingerprint density at radius 1 is 1.60 bits per heavy atom. The molecule has 0 aromatic carbocycles. The van der Waals surface area contributed by atoms with E-state index < -0.39 is 5.54 Å². The number of rotatable bonds is 3. The van der Waals surface area contributed by atoms with Crippen LogP contribution >= 0.6 is 28.3 Å². The Labute approximate surface area is 103 Å². The monoisotopic (exact) mass is 296 g/mol. The lowest BCUT2D eigenvalue weighted by molar-refractivity contribution is 0.0917. The third-order valence-electron chi connectivity index (χ3n) is 1.50. The number of halogens is 2. The van der Waals surface area contributed by atoms with Gasteiger partial charge in [-0.25, -0.2) is 0 Å². The average Bonchev–Trinajstić information content (AvgIpc) is 2.46. The highest BCUT2D eigenvalue weighted by Crippen LogP contribution is 2.13. The van der Waals surface area contributed by atoms with Gasteiger partial charge in [-0.2, -0.15) is 0 Å². The van der Waals surface area contributed by atoms with Crippen molar-refractivity contribution in [1.29, 1.82) is 0 Å². The van der Waals surface area contributed by atoms with Gasteiger partial charge < -0.3 is 15.5 Å². The second-order valence-corrected chi connectivity index (χ2v) is 4.56. The van der Waals surface area contributed by atoms with Crippen molar-refractivity contribution in [2.24, 2.45) is 5.73 Å². The van der Waals surface area contributed by atoms with Gasteiger partial charge in [0.1, 0.15) is 0 Å². The number of amides is 1. The second kappa shape index (κ2) is 5.53. The number of nitrogens with one attached hydrogen (secondary N) is 1. The molecule has 0 atom stereocenters. The van der Waals surface area contributed by atoms with Gasteiger partial charge in [-0.05, 0) is 41.9 Å². The number of carbonyl (C=O) groups excluding carboxylic acids is 1. The van der Waals surface area contributed by atoms with Crippen LogP contribution in [0.15, 0.2) is 21.2 Å². The number of hydrogen-bond acceptors (Lipinski definition) is 3. The lowest BCUT2D eigenvalue weighted by Crippen LogP contribution is -2.45. The van der Waals surface area contributed by atoms with Gasteiger partial charge in [0, 0.05) is 12.1 Å². The molecule has 0 saturated carbocycles. The van der Waals surface area contributed by atoms with Crippen LogP contribution in [0.4, 0.5) is 0 Å². The maximum Gasteiger partial charge on any atom is 0.287 e. The van der Waals surface area contributed by atoms with Crippen molar-refractivity contribution >= 4 is 34.2 Å². The largest absolute Gasteiger partial charge is 0.444 e. The van der Waals surface area contributed by atoms with E-state index >= 15 is 0 Å². The Hall–Kier alpha value is -0.520. The highest BCUT2D eigenvalue weighted by atomic mass is 79.9. The molecule has 15 heavy (non-hydrogen) atoms. The molecule has 1 heterocycles. The lowest BCUT2D eigenvalue weighted by Gasteiger charge is -2.18. The quantitative estimate of drug-likeness (QED) is 0.896. The molecule has 1 amide bonds. The molecule has 1 aromatic rings. The molecule has 1 aromatic heterocycles. The maximum absolute atomic E-state index is 11.4. The van der Waals surface area contributed by atoms with Crippen molar-refractivity contribution in [1.82, 2.24) is 5.32 Å². The van der Waals surface area contributed by atoms with Crippen LogP contribution in [0.25, 0.3) is 0 Å². The zero-order chi connectivity index (χ0) is 10.8. The maximum atomic E-state index is 11.4. The predicted octanol–water partition coefficient (Wildman–Crippen LogP) is 1.93. The van der Waals surface area contributed by atoms with Crippen LogP contribution in [0.2, 0.25) is 0 Å². The molecular weight excluding hydrogens is 283 g/mol. The van der Waals surface area contributed by atoms with Gasteiger partial charge >= 0.3 is 0 Å². The van der Waals surface area contributed by atoms with Crippen molar-refractivity contribution in [2.45, 2.75) is 19.4 Å². The number of nitrogens with two attached hydrogens (primary N) is 1. The van der Waals surface area contributed by atoms with Crippen molar-refractivity contribution in [3.05, 3.63) is 22.6 Å². The summed E-state index contributed by atoms with van der Waals surface area (Å²) in [5.74, 6) is 0.0235. The Morgan fingerprint density at radius 3 is 2.60 bits per heavy atom. The van der Waals surface area contributed by atoms with E-state index in [1.165, 1.54) is 0 Å². The molecule has 86 valence electrons. The summed E-state index contributed by atoms with van der Waals surface area (Å²) >= 11 is 3.12. The van der Waals surface area contributed by atoms with Gasteiger partial charge in [-0.1, -0.05) is 0 Å². The molecule has 0 saturated heterocycles. The molecule has 0 unspecified atom stereocenters. The third-order valence-corrected chi connectivity index (χ3v) is 1.93. The second-order valence-electron chi connectivity index (χ2n) is 3.78. The molecule has 0 fully saturated rings. The number of hydrogen-bond donors (Lipinski definition) is 2. The van der Waals surface area contributed by atoms with Crippen LogP contribution < -0.4 is 11.1 Å². The van der Waals surface area contributed by atoms with E-state index in [1.54, 1.807) is 12.1 Å². The first-order valence-electron chi connectivity index (χ1n) is 4.21. The summed E-state index contributed by atoms with van der Waals surface area (Å²) in [5, 5.41) is 2.67. The lowest BCUT2D eigenvalue weighted by atomic mass is 10.1. The summed E-state index contributed by atoms with van der Waals surface area (Å²) in [6, 6.07) is 3.27. The van der Waals surface area contributed by atoms with E-state index in [9.17, 15) is 4.79 Å². The van der Waals surface area contributed by atoms with E-state index in [-0.39, 0.29) is 24.1 Å². The summed E-state index contributed by atoms with van der Waals surface area (Å²) in [6.07, 6.45) is 0. The van der Waals surface area contributed by atoms with Crippen molar-refractivity contribution in [2.75, 3.05) is 6.54 Å². The normalized spacial score (nSPS) is 10.7. The van der Waals surface area contributed by atoms with E-state index in [4.69, 9.17) is 10.2 Å². The fourth-order valence-corrected chi connectivity index (χ4v) is 1.14. The van der Waals surface area contributed by atoms with Crippen LogP contribution in [0, 0.1) is 0 Å². The van der Waals surface area contributed by atoms with Crippen LogP contribution in [0.1, 0.15) is 24.4 Å². The third kappa shape index (κ3) is 5.20. The fourth-order valence-electron chi connectivity index (χ4n) is 0.832. The van der Waals surface area contributed by atoms with Crippen LogP contribution in [-0.2, 0) is 0 Å². The average molecular weight is 298 g/mol. The van der Waals surface area contributed by atoms with Crippen molar-refractivity contribution in [3.63, 3.8) is 0 Å². The number of carbonyl (C=O) groups is 1. The predicted molar refractivity (Wildman–Crippen MR) is 64.3 cm³/mol. The molecule has 4 nitrogen and oxygen atoms in total. The van der Waals surface area contributed by atoms with Crippen molar-refractivity contribution in [3.8, 4) is 0 Å². The van der Waals surface area contributed by atoms with E-state index in [2.05, 4.69) is 21.2 Å². The Balaban J connectivity index is 0.00000196. The van der Waals surface area contributed by atoms with E-state index in [1.807, 2.05) is 13.8 Å². The minimum Gasteiger partial charge on any atom is -0.444 e. The summed E-state index contributed by atoms with van der Waals surface area (Å²) < 4.78 is 5.61. The van der Waals surface area contributed by atoms with E-state index in [0.717, 1.165) is 0 Å². The molecule has 0 radical (unpaired) electrons. The first-order valence-corrected chi connectivity index (χ1v) is 5.00. The molecule has 6 heteroatoms. The molecule has 0 aliphatic rings. The minimum atomic E-state index is -0.417. The first kappa shape index (κ1) is 14.5. The van der Waals surface area contributed by atoms with Gasteiger partial charge in [-0.3, -0.25) is 4.79 Å². The summed E-state index contributed by atoms with van der Waals surface area (Å²) in [6.45, 7) is 4.08. The summed E-state index contributed by atoms with van der Waals surface area (Å²) in [7, 11) is 0. The zero-order valence-electron chi connectivity index (χ0n) is 8.54. The first-order chi connectivity index (χ1) is 6.38. The molecule has 0 bridgehead atoms. The van der Waals surface area contributed by atoms with Crippen LogP contribution in [0.5, 0.6) is 0 Å². The Kier molecular flexibility index (Phi) is 5.34. The summed E-state index contributed by atoms with van der Waals surface area (Å²) in [5.41, 5.74) is 5.30. The van der Waals surface area contributed by atoms with Crippen LogP contribution in [-0.4, -0.2) is 18.0 Å². The Morgan fingerprint density at radius 2 is 2.20 bits per heavy atom. The molecule has 0 aliphatic heterocycles. The fraction of sp³-hybridized carbons (Fsp3) is 0.444. The van der Waals surface area contributed by atoms with E-state index in [0.29, 0.717) is 11.2 Å². The van der Waals surface area contributed by atoms with Gasteiger partial charge in [0.15, 0.2) is 10.4 Å². The standard InChI is InChI=1S/C9H13BrN2O2.ClH/c1-9(2,11)5-12-8(13)6-3-4-7(10)14-6;/h3-4H,5,11H2,1-2H3,(H,12,13);1H. The molecule has 3 N–H and O–H groups in total. The number of furan rings is 1. The van der Waals surface area contributed by atoms with Gasteiger partial charge in [0.2, 0.25) is 0 Å². The molecule has 1 rings (SSSR count). The highest BCUT2D eigenvalue weighted by Gasteiger charge is 2.15. The van der Waals surface area contributed by atoms with Crippen molar-refractivity contribution < 1.29 is 9.21 Å². The highest BCUT2D eigenvalue weighted by molar-refractivity contribution is 9.10. The van der Waals surface area contributed by atoms with Gasteiger partial charge in [-0.15, -0.1) is 12.4 Å². The molecular formula is C9H14BrClN2O2. The van der Waals surface area contributed by atoms with Gasteiger partial charge in [0.05, 0.1) is 0 Å².